The summed E-state index contributed by atoms with van der Waals surface area (Å²) in [5, 5.41) is 0. The molecule has 0 atom stereocenters. The van der Waals surface area contributed by atoms with Crippen LogP contribution in [0.15, 0.2) is 52.9 Å². The molecular weight excluding hydrogens is 354 g/mol. The Bertz CT molecular complexity index is 829. The predicted octanol–water partition coefficient (Wildman–Crippen LogP) is 4.85. The van der Waals surface area contributed by atoms with Gasteiger partial charge in [-0.1, -0.05) is 56.4 Å². The second kappa shape index (κ2) is 9.87. The van der Waals surface area contributed by atoms with Crippen LogP contribution in [0.2, 0.25) is 0 Å². The molecule has 0 radical (unpaired) electrons. The summed E-state index contributed by atoms with van der Waals surface area (Å²) in [6, 6.07) is 16.5. The van der Waals surface area contributed by atoms with Crippen molar-refractivity contribution in [3.8, 4) is 11.5 Å². The maximum Gasteiger partial charge on any atom is 0.388 e. The van der Waals surface area contributed by atoms with Crippen molar-refractivity contribution in [3.05, 3.63) is 59.7 Å². The Hall–Kier alpha value is -2.47. The average molecular weight is 377 g/mol. The Balaban J connectivity index is 0.000000412. The van der Waals surface area contributed by atoms with Crippen molar-refractivity contribution < 1.29 is 22.5 Å². The Morgan fingerprint density at radius 2 is 1.42 bits per heavy atom. The van der Waals surface area contributed by atoms with E-state index in [0.717, 1.165) is 11.5 Å². The number of para-hydroxylation sites is 1. The van der Waals surface area contributed by atoms with Gasteiger partial charge in [-0.05, 0) is 47.2 Å². The highest BCUT2D eigenvalue weighted by Crippen LogP contribution is 2.29. The van der Waals surface area contributed by atoms with Crippen LogP contribution in [0, 0.1) is 0 Å². The molecular formula is C19H23NO5S. The van der Waals surface area contributed by atoms with Gasteiger partial charge in [0.1, 0.15) is 11.5 Å². The fourth-order valence-corrected chi connectivity index (χ4v) is 2.14. The van der Waals surface area contributed by atoms with E-state index < -0.39 is 10.3 Å². The Morgan fingerprint density at radius 1 is 0.923 bits per heavy atom. The Kier molecular flexibility index (Phi) is 8.19. The van der Waals surface area contributed by atoms with E-state index in [2.05, 4.69) is 45.9 Å². The standard InChI is InChI=1S/C18H22O.CHNO4S/c1-13(2)15-10-16(14(3)4)12-18(11-15)19-17-8-6-5-7-9-17;3-1-2-7(4,5)6/h5-14H,1-4H3;(H,4,5,6). The van der Waals surface area contributed by atoms with E-state index in [1.807, 2.05) is 34.7 Å². The van der Waals surface area contributed by atoms with Crippen LogP contribution in [0.4, 0.5) is 0 Å². The van der Waals surface area contributed by atoms with Gasteiger partial charge in [0.2, 0.25) is 0 Å². The Labute approximate surface area is 154 Å². The first-order valence-electron chi connectivity index (χ1n) is 8.06. The number of ether oxygens (including phenoxy) is 1. The fraction of sp³-hybridized carbons (Fsp3) is 0.316. The van der Waals surface area contributed by atoms with Crippen molar-refractivity contribution in [1.82, 2.24) is 0 Å². The first kappa shape index (κ1) is 21.6. The lowest BCUT2D eigenvalue weighted by atomic mass is 9.95. The molecule has 0 spiro atoms. The molecule has 0 amide bonds. The zero-order valence-electron chi connectivity index (χ0n) is 15.2. The van der Waals surface area contributed by atoms with Crippen LogP contribution in [0.5, 0.6) is 11.5 Å². The SMILES string of the molecule is CC(C)c1cc(Oc2ccccc2)cc(C(C)C)c1.O=C=NS(=O)(=O)O. The number of isocyanates is 1. The van der Waals surface area contributed by atoms with Crippen LogP contribution in [0.3, 0.4) is 0 Å². The van der Waals surface area contributed by atoms with Crippen molar-refractivity contribution in [2.75, 3.05) is 0 Å². The van der Waals surface area contributed by atoms with Gasteiger partial charge in [-0.15, -0.1) is 0 Å². The third-order valence-corrected chi connectivity index (χ3v) is 3.72. The molecule has 0 saturated carbocycles. The first-order valence-corrected chi connectivity index (χ1v) is 9.46. The highest BCUT2D eigenvalue weighted by atomic mass is 32.2. The van der Waals surface area contributed by atoms with Crippen LogP contribution in [-0.4, -0.2) is 19.1 Å². The number of benzene rings is 2. The molecule has 1 N–H and O–H groups in total. The summed E-state index contributed by atoms with van der Waals surface area (Å²) in [5.74, 6) is 2.84. The fourth-order valence-electron chi connectivity index (χ4n) is 2.04. The van der Waals surface area contributed by atoms with E-state index in [9.17, 15) is 8.42 Å². The topological polar surface area (TPSA) is 93.0 Å². The molecule has 0 aliphatic rings. The van der Waals surface area contributed by atoms with Gasteiger partial charge in [0.15, 0.2) is 0 Å². The third-order valence-electron chi connectivity index (χ3n) is 3.42. The molecule has 0 bridgehead atoms. The van der Waals surface area contributed by atoms with Gasteiger partial charge in [-0.25, -0.2) is 4.79 Å². The molecule has 2 rings (SSSR count). The lowest BCUT2D eigenvalue weighted by Crippen LogP contribution is -1.95. The van der Waals surface area contributed by atoms with Crippen LogP contribution in [0.1, 0.15) is 50.7 Å². The summed E-state index contributed by atoms with van der Waals surface area (Å²) in [6.45, 7) is 8.86. The molecule has 0 saturated heterocycles. The molecule has 0 aromatic heterocycles. The molecule has 0 heterocycles. The highest BCUT2D eigenvalue weighted by molar-refractivity contribution is 7.84. The number of carbonyl (C=O) groups excluding carboxylic acids is 1. The monoisotopic (exact) mass is 377 g/mol. The van der Waals surface area contributed by atoms with Crippen molar-refractivity contribution in [2.24, 2.45) is 4.40 Å². The number of hydrogen-bond donors (Lipinski definition) is 1. The molecule has 6 nitrogen and oxygen atoms in total. The van der Waals surface area contributed by atoms with E-state index >= 15 is 0 Å². The third kappa shape index (κ3) is 8.07. The van der Waals surface area contributed by atoms with Crippen molar-refractivity contribution >= 4 is 16.4 Å². The molecule has 0 unspecified atom stereocenters. The number of hydrogen-bond acceptors (Lipinski definition) is 4. The van der Waals surface area contributed by atoms with Gasteiger partial charge in [-0.2, -0.15) is 8.42 Å². The second-order valence-electron chi connectivity index (χ2n) is 6.19. The van der Waals surface area contributed by atoms with Crippen molar-refractivity contribution in [2.45, 2.75) is 39.5 Å². The molecule has 26 heavy (non-hydrogen) atoms. The summed E-state index contributed by atoms with van der Waals surface area (Å²) in [6.07, 6.45) is 0.645. The summed E-state index contributed by atoms with van der Waals surface area (Å²) in [5.41, 5.74) is 2.66. The average Bonchev–Trinajstić information content (AvgIpc) is 2.55. The zero-order chi connectivity index (χ0) is 19.7. The van der Waals surface area contributed by atoms with Gasteiger partial charge in [-0.3, -0.25) is 4.55 Å². The lowest BCUT2D eigenvalue weighted by molar-refractivity contribution is 0.480. The minimum atomic E-state index is -4.47. The predicted molar refractivity (Wildman–Crippen MR) is 101 cm³/mol. The van der Waals surface area contributed by atoms with E-state index in [0.29, 0.717) is 17.9 Å². The smallest absolute Gasteiger partial charge is 0.388 e. The van der Waals surface area contributed by atoms with Crippen LogP contribution in [0.25, 0.3) is 0 Å². The van der Waals surface area contributed by atoms with Crippen molar-refractivity contribution in [3.63, 3.8) is 0 Å². The van der Waals surface area contributed by atoms with Gasteiger partial charge < -0.3 is 4.74 Å². The molecule has 0 aliphatic carbocycles. The van der Waals surface area contributed by atoms with Crippen LogP contribution >= 0.6 is 0 Å². The molecule has 140 valence electrons. The van der Waals surface area contributed by atoms with E-state index in [1.54, 1.807) is 0 Å². The largest absolute Gasteiger partial charge is 0.457 e. The van der Waals surface area contributed by atoms with Gasteiger partial charge in [0, 0.05) is 0 Å². The molecule has 2 aromatic rings. The molecule has 0 aliphatic heterocycles. The number of nitrogens with zero attached hydrogens (tertiary/aromatic N) is 1. The normalized spacial score (nSPS) is 10.7. The minimum absolute atomic E-state index is 0.511. The van der Waals surface area contributed by atoms with Crippen LogP contribution in [-0.2, 0) is 15.1 Å². The summed E-state index contributed by atoms with van der Waals surface area (Å²) in [4.78, 5) is 8.99. The van der Waals surface area contributed by atoms with E-state index in [-0.39, 0.29) is 0 Å². The maximum atomic E-state index is 9.36. The summed E-state index contributed by atoms with van der Waals surface area (Å²) >= 11 is 0. The quantitative estimate of drug-likeness (QED) is 0.457. The molecule has 2 aromatic carbocycles. The van der Waals surface area contributed by atoms with Crippen LogP contribution < -0.4 is 4.74 Å². The van der Waals surface area contributed by atoms with Gasteiger partial charge in [0.05, 0.1) is 0 Å². The number of rotatable bonds is 5. The van der Waals surface area contributed by atoms with Gasteiger partial charge >= 0.3 is 10.3 Å². The summed E-state index contributed by atoms with van der Waals surface area (Å²) < 4.78 is 34.2. The summed E-state index contributed by atoms with van der Waals surface area (Å²) in [7, 11) is -4.47. The maximum absolute atomic E-state index is 9.36. The van der Waals surface area contributed by atoms with Gasteiger partial charge in [0.25, 0.3) is 6.08 Å². The van der Waals surface area contributed by atoms with E-state index in [1.165, 1.54) is 11.1 Å². The second-order valence-corrected chi connectivity index (χ2v) is 7.27. The molecule has 0 fully saturated rings. The zero-order valence-corrected chi connectivity index (χ0v) is 16.0. The molecule has 7 heteroatoms. The van der Waals surface area contributed by atoms with E-state index in [4.69, 9.17) is 14.1 Å². The minimum Gasteiger partial charge on any atom is -0.457 e. The highest BCUT2D eigenvalue weighted by Gasteiger charge is 2.08. The van der Waals surface area contributed by atoms with Crippen molar-refractivity contribution in [1.29, 1.82) is 0 Å². The lowest BCUT2D eigenvalue weighted by Gasteiger charge is -2.15. The first-order chi connectivity index (χ1) is 12.1. The Morgan fingerprint density at radius 3 is 1.77 bits per heavy atom.